The number of carbonyl (C=O) groups excluding carboxylic acids is 3. The first-order valence-corrected chi connectivity index (χ1v) is 11.1. The van der Waals surface area contributed by atoms with E-state index in [1.165, 1.54) is 6.42 Å². The minimum Gasteiger partial charge on any atom is -0.438 e. The molecule has 3 saturated heterocycles. The van der Waals surface area contributed by atoms with Crippen LogP contribution in [0, 0.1) is 5.92 Å². The molecule has 0 aromatic rings. The summed E-state index contributed by atoms with van der Waals surface area (Å²) in [5.74, 6) is -0.263. The summed E-state index contributed by atoms with van der Waals surface area (Å²) >= 11 is 0. The van der Waals surface area contributed by atoms with Crippen molar-refractivity contribution in [3.05, 3.63) is 0 Å². The molecule has 1 amide bonds. The minimum atomic E-state index is -1.12. The van der Waals surface area contributed by atoms with Gasteiger partial charge < -0.3 is 24.4 Å². The Hall–Kier alpha value is -1.51. The van der Waals surface area contributed by atoms with Gasteiger partial charge in [-0.2, -0.15) is 0 Å². The van der Waals surface area contributed by atoms with Gasteiger partial charge in [-0.05, 0) is 31.7 Å². The number of rotatable bonds is 5. The normalized spacial score (nSPS) is 31.9. The number of morpholine rings is 1. The standard InChI is InChI=1S/C21H32N2O6/c24-18(20-19(25)17-15(28-20)7-4-8-22-17)16(13-14-5-2-1-3-6-14)29-21(26)23-9-11-27-12-10-23/h14-17,20,22H,1-13H2. The van der Waals surface area contributed by atoms with Crippen molar-refractivity contribution in [3.63, 3.8) is 0 Å². The molecule has 1 saturated carbocycles. The highest BCUT2D eigenvalue weighted by molar-refractivity contribution is 6.11. The van der Waals surface area contributed by atoms with Crippen molar-refractivity contribution in [2.75, 3.05) is 32.8 Å². The first-order valence-electron chi connectivity index (χ1n) is 11.1. The lowest BCUT2D eigenvalue weighted by Crippen LogP contribution is -2.48. The van der Waals surface area contributed by atoms with Crippen LogP contribution < -0.4 is 5.32 Å². The molecule has 0 spiro atoms. The highest BCUT2D eigenvalue weighted by Crippen LogP contribution is 2.31. The molecule has 4 fully saturated rings. The lowest BCUT2D eigenvalue weighted by Gasteiger charge is -2.30. The van der Waals surface area contributed by atoms with Crippen molar-refractivity contribution in [1.29, 1.82) is 0 Å². The van der Waals surface area contributed by atoms with Crippen molar-refractivity contribution < 1.29 is 28.6 Å². The summed E-state index contributed by atoms with van der Waals surface area (Å²) in [5.41, 5.74) is 0. The van der Waals surface area contributed by atoms with Gasteiger partial charge in [0.25, 0.3) is 0 Å². The molecule has 0 aromatic carbocycles. The predicted molar refractivity (Wildman–Crippen MR) is 104 cm³/mol. The Morgan fingerprint density at radius 1 is 1.10 bits per heavy atom. The Morgan fingerprint density at radius 2 is 1.86 bits per heavy atom. The second-order valence-electron chi connectivity index (χ2n) is 8.64. The number of fused-ring (bicyclic) bond motifs is 1. The van der Waals surface area contributed by atoms with Crippen molar-refractivity contribution in [3.8, 4) is 0 Å². The molecule has 1 aliphatic carbocycles. The molecule has 8 nitrogen and oxygen atoms in total. The number of carbonyl (C=O) groups is 3. The van der Waals surface area contributed by atoms with Crippen molar-refractivity contribution >= 4 is 17.7 Å². The number of Topliss-reactive ketones (excluding diaryl/α,β-unsaturated/α-hetero) is 2. The molecule has 8 heteroatoms. The molecular weight excluding hydrogens is 376 g/mol. The SMILES string of the molecule is O=C(C(CC1CCCCC1)OC(=O)N1CCOCC1)C1OC2CCCNC2C1=O. The van der Waals surface area contributed by atoms with E-state index in [0.29, 0.717) is 38.6 Å². The topological polar surface area (TPSA) is 94.2 Å². The number of nitrogens with one attached hydrogen (secondary N) is 1. The fraction of sp³-hybridized carbons (Fsp3) is 0.857. The van der Waals surface area contributed by atoms with Gasteiger partial charge in [0.05, 0.1) is 25.4 Å². The third-order valence-electron chi connectivity index (χ3n) is 6.64. The van der Waals surface area contributed by atoms with Crippen LogP contribution >= 0.6 is 0 Å². The van der Waals surface area contributed by atoms with Crippen LogP contribution in [0.4, 0.5) is 4.79 Å². The maximum absolute atomic E-state index is 13.3. The van der Waals surface area contributed by atoms with Gasteiger partial charge in [0.15, 0.2) is 18.0 Å². The molecule has 0 bridgehead atoms. The highest BCUT2D eigenvalue weighted by atomic mass is 16.6. The van der Waals surface area contributed by atoms with Gasteiger partial charge >= 0.3 is 6.09 Å². The lowest BCUT2D eigenvalue weighted by molar-refractivity contribution is -0.145. The van der Waals surface area contributed by atoms with Crippen LogP contribution in [0.1, 0.15) is 51.4 Å². The maximum atomic E-state index is 13.3. The average molecular weight is 408 g/mol. The van der Waals surface area contributed by atoms with Crippen molar-refractivity contribution in [2.24, 2.45) is 5.92 Å². The third-order valence-corrected chi connectivity index (χ3v) is 6.64. The maximum Gasteiger partial charge on any atom is 0.410 e. The fourth-order valence-electron chi connectivity index (χ4n) is 4.96. The van der Waals surface area contributed by atoms with Gasteiger partial charge in [0, 0.05) is 13.1 Å². The number of ketones is 2. The molecule has 0 radical (unpaired) electrons. The molecule has 4 rings (SSSR count). The van der Waals surface area contributed by atoms with Crippen LogP contribution in [-0.4, -0.2) is 79.8 Å². The van der Waals surface area contributed by atoms with Gasteiger partial charge in [-0.15, -0.1) is 0 Å². The highest BCUT2D eigenvalue weighted by Gasteiger charge is 2.50. The Morgan fingerprint density at radius 3 is 2.59 bits per heavy atom. The Bertz CT molecular complexity index is 614. The van der Waals surface area contributed by atoms with Gasteiger partial charge in [-0.1, -0.05) is 32.1 Å². The second kappa shape index (κ2) is 9.53. The molecule has 3 aliphatic heterocycles. The van der Waals surface area contributed by atoms with E-state index in [2.05, 4.69) is 5.32 Å². The first kappa shape index (κ1) is 20.8. The van der Waals surface area contributed by atoms with Crippen LogP contribution in [-0.2, 0) is 23.8 Å². The van der Waals surface area contributed by atoms with Gasteiger partial charge in [0.1, 0.15) is 0 Å². The molecular formula is C21H32N2O6. The Balaban J connectivity index is 1.45. The zero-order valence-corrected chi connectivity index (χ0v) is 17.0. The van der Waals surface area contributed by atoms with Gasteiger partial charge in [0.2, 0.25) is 5.78 Å². The van der Waals surface area contributed by atoms with E-state index in [9.17, 15) is 14.4 Å². The number of amides is 1. The Kier molecular flexibility index (Phi) is 6.82. The van der Waals surface area contributed by atoms with Crippen LogP contribution in [0.25, 0.3) is 0 Å². The molecule has 0 aromatic heterocycles. The van der Waals surface area contributed by atoms with E-state index in [1.807, 2.05) is 0 Å². The second-order valence-corrected chi connectivity index (χ2v) is 8.64. The van der Waals surface area contributed by atoms with Crippen LogP contribution in [0.15, 0.2) is 0 Å². The zero-order chi connectivity index (χ0) is 20.2. The quantitative estimate of drug-likeness (QED) is 0.688. The molecule has 4 atom stereocenters. The Labute approximate surface area is 171 Å². The van der Waals surface area contributed by atoms with E-state index in [1.54, 1.807) is 4.90 Å². The van der Waals surface area contributed by atoms with E-state index < -0.39 is 30.1 Å². The summed E-state index contributed by atoms with van der Waals surface area (Å²) in [6.45, 7) is 2.60. The van der Waals surface area contributed by atoms with Crippen molar-refractivity contribution in [1.82, 2.24) is 10.2 Å². The van der Waals surface area contributed by atoms with Crippen LogP contribution in [0.5, 0.6) is 0 Å². The number of hydrogen-bond acceptors (Lipinski definition) is 7. The summed E-state index contributed by atoms with van der Waals surface area (Å²) in [7, 11) is 0. The molecule has 1 N–H and O–H groups in total. The average Bonchev–Trinajstić information content (AvgIpc) is 3.11. The third kappa shape index (κ3) is 4.81. The van der Waals surface area contributed by atoms with E-state index in [0.717, 1.165) is 45.1 Å². The number of ether oxygens (including phenoxy) is 3. The number of nitrogens with zero attached hydrogens (tertiary/aromatic N) is 1. The summed E-state index contributed by atoms with van der Waals surface area (Å²) < 4.78 is 16.8. The van der Waals surface area contributed by atoms with Gasteiger partial charge in [-0.25, -0.2) is 4.79 Å². The van der Waals surface area contributed by atoms with Crippen LogP contribution in [0.3, 0.4) is 0 Å². The number of hydrogen-bond donors (Lipinski definition) is 1. The number of piperidine rings is 1. The molecule has 3 heterocycles. The monoisotopic (exact) mass is 408 g/mol. The molecule has 4 unspecified atom stereocenters. The summed E-state index contributed by atoms with van der Waals surface area (Å²) in [5, 5.41) is 3.17. The largest absolute Gasteiger partial charge is 0.438 e. The van der Waals surface area contributed by atoms with E-state index in [-0.39, 0.29) is 11.9 Å². The molecule has 29 heavy (non-hydrogen) atoms. The minimum absolute atomic E-state index is 0.212. The van der Waals surface area contributed by atoms with Crippen molar-refractivity contribution in [2.45, 2.75) is 75.7 Å². The van der Waals surface area contributed by atoms with E-state index >= 15 is 0 Å². The van der Waals surface area contributed by atoms with E-state index in [4.69, 9.17) is 14.2 Å². The fourth-order valence-corrected chi connectivity index (χ4v) is 4.96. The summed E-state index contributed by atoms with van der Waals surface area (Å²) in [6.07, 6.45) is 4.92. The lowest BCUT2D eigenvalue weighted by atomic mass is 9.84. The molecule has 162 valence electrons. The zero-order valence-electron chi connectivity index (χ0n) is 17.0. The smallest absolute Gasteiger partial charge is 0.410 e. The predicted octanol–water partition coefficient (Wildman–Crippen LogP) is 1.45. The molecule has 4 aliphatic rings. The van der Waals surface area contributed by atoms with Gasteiger partial charge in [-0.3, -0.25) is 9.59 Å². The summed E-state index contributed by atoms with van der Waals surface area (Å²) in [4.78, 5) is 40.3. The van der Waals surface area contributed by atoms with Crippen LogP contribution in [0.2, 0.25) is 0 Å². The summed E-state index contributed by atoms with van der Waals surface area (Å²) in [6, 6.07) is -0.414. The first-order chi connectivity index (χ1) is 14.1.